The van der Waals surface area contributed by atoms with Gasteiger partial charge in [-0.15, -0.1) is 11.3 Å². The first-order valence-corrected chi connectivity index (χ1v) is 6.91. The van der Waals surface area contributed by atoms with Crippen LogP contribution in [0.4, 0.5) is 10.1 Å². The molecule has 0 saturated heterocycles. The Balaban J connectivity index is 2.14. The molecule has 1 aromatic carbocycles. The highest BCUT2D eigenvalue weighted by atomic mass is 32.1. The van der Waals surface area contributed by atoms with Crippen LogP contribution in [0.3, 0.4) is 0 Å². The van der Waals surface area contributed by atoms with Gasteiger partial charge in [-0.05, 0) is 36.8 Å². The van der Waals surface area contributed by atoms with E-state index in [9.17, 15) is 14.0 Å². The van der Waals surface area contributed by atoms with Crippen LogP contribution in [0.15, 0.2) is 35.7 Å². The smallest absolute Gasteiger partial charge is 0.328 e. The zero-order valence-electron chi connectivity index (χ0n) is 11.1. The quantitative estimate of drug-likeness (QED) is 0.849. The molecule has 108 valence electrons. The summed E-state index contributed by atoms with van der Waals surface area (Å²) < 4.78 is 13.6. The van der Waals surface area contributed by atoms with Gasteiger partial charge in [0.05, 0.1) is 11.3 Å². The molecule has 1 heterocycles. The Morgan fingerprint density at radius 2 is 2.10 bits per heavy atom. The van der Waals surface area contributed by atoms with Gasteiger partial charge >= 0.3 is 5.97 Å². The van der Waals surface area contributed by atoms with Gasteiger partial charge in [-0.1, -0.05) is 6.07 Å². The van der Waals surface area contributed by atoms with Crippen molar-refractivity contribution >= 4 is 35.0 Å². The van der Waals surface area contributed by atoms with Crippen molar-refractivity contribution in [3.8, 4) is 0 Å². The van der Waals surface area contributed by atoms with E-state index in [0.29, 0.717) is 10.4 Å². The summed E-state index contributed by atoms with van der Waals surface area (Å²) in [5.41, 5.74) is 1.31. The molecule has 2 N–H and O–H groups in total. The molecule has 0 aliphatic carbocycles. The molecule has 0 unspecified atom stereocenters. The second kappa shape index (κ2) is 6.32. The van der Waals surface area contributed by atoms with Gasteiger partial charge in [-0.25, -0.2) is 9.18 Å². The van der Waals surface area contributed by atoms with E-state index in [2.05, 4.69) is 5.32 Å². The molecule has 0 atom stereocenters. The second-order valence-corrected chi connectivity index (χ2v) is 5.29. The number of aryl methyl sites for hydroxylation is 1. The van der Waals surface area contributed by atoms with Crippen LogP contribution in [-0.4, -0.2) is 17.0 Å². The zero-order chi connectivity index (χ0) is 15.4. The van der Waals surface area contributed by atoms with Gasteiger partial charge in [0.15, 0.2) is 0 Å². The predicted octanol–water partition coefficient (Wildman–Crippen LogP) is 3.55. The Morgan fingerprint density at radius 3 is 2.81 bits per heavy atom. The van der Waals surface area contributed by atoms with Crippen LogP contribution in [0.5, 0.6) is 0 Å². The largest absolute Gasteiger partial charge is 0.478 e. The highest BCUT2D eigenvalue weighted by Gasteiger charge is 2.11. The van der Waals surface area contributed by atoms with E-state index in [1.54, 1.807) is 30.5 Å². The summed E-state index contributed by atoms with van der Waals surface area (Å²) in [5.74, 6) is -2.00. The molecule has 0 radical (unpaired) electrons. The zero-order valence-corrected chi connectivity index (χ0v) is 11.9. The fraction of sp³-hybridized carbons (Fsp3) is 0.0667. The summed E-state index contributed by atoms with van der Waals surface area (Å²) in [6.07, 6.45) is 2.39. The number of benzene rings is 1. The number of carboxylic acids is 1. The lowest BCUT2D eigenvalue weighted by Gasteiger charge is -2.06. The molecule has 2 rings (SSSR count). The van der Waals surface area contributed by atoms with Crippen molar-refractivity contribution in [2.24, 2.45) is 0 Å². The van der Waals surface area contributed by atoms with Gasteiger partial charge in [-0.2, -0.15) is 0 Å². The van der Waals surface area contributed by atoms with Crippen LogP contribution < -0.4 is 5.32 Å². The summed E-state index contributed by atoms with van der Waals surface area (Å²) in [6, 6.07) is 6.00. The number of halogens is 1. The minimum Gasteiger partial charge on any atom is -0.478 e. The monoisotopic (exact) mass is 305 g/mol. The predicted molar refractivity (Wildman–Crippen MR) is 80.1 cm³/mol. The molecule has 0 aliphatic rings. The fourth-order valence-electron chi connectivity index (χ4n) is 1.64. The van der Waals surface area contributed by atoms with Crippen LogP contribution in [0.1, 0.15) is 20.8 Å². The van der Waals surface area contributed by atoms with Crippen molar-refractivity contribution in [2.75, 3.05) is 5.32 Å². The third-order valence-electron chi connectivity index (χ3n) is 2.64. The molecule has 6 heteroatoms. The molecule has 21 heavy (non-hydrogen) atoms. The highest BCUT2D eigenvalue weighted by molar-refractivity contribution is 7.11. The number of amides is 1. The molecule has 0 fully saturated rings. The average Bonchev–Trinajstić information content (AvgIpc) is 2.89. The molecular weight excluding hydrogens is 293 g/mol. The lowest BCUT2D eigenvalue weighted by Crippen LogP contribution is -2.12. The number of rotatable bonds is 4. The number of aliphatic carboxylic acids is 1. The van der Waals surface area contributed by atoms with Gasteiger partial charge in [0.25, 0.3) is 5.91 Å². The molecule has 0 aliphatic heterocycles. The average molecular weight is 305 g/mol. The van der Waals surface area contributed by atoms with E-state index in [1.807, 2.05) is 0 Å². The summed E-state index contributed by atoms with van der Waals surface area (Å²) >= 11 is 1.23. The maximum absolute atomic E-state index is 13.6. The lowest BCUT2D eigenvalue weighted by molar-refractivity contribution is -0.131. The molecule has 4 nitrogen and oxygen atoms in total. The first-order chi connectivity index (χ1) is 9.95. The van der Waals surface area contributed by atoms with Crippen LogP contribution >= 0.6 is 11.3 Å². The van der Waals surface area contributed by atoms with Crippen LogP contribution in [0, 0.1) is 12.7 Å². The van der Waals surface area contributed by atoms with Crippen molar-refractivity contribution in [1.29, 1.82) is 0 Å². The van der Waals surface area contributed by atoms with Gasteiger partial charge in [-0.3, -0.25) is 4.79 Å². The Kier molecular flexibility index (Phi) is 4.49. The topological polar surface area (TPSA) is 66.4 Å². The molecule has 0 bridgehead atoms. The molecule has 1 amide bonds. The molecule has 0 spiro atoms. The molecule has 2 aromatic rings. The van der Waals surface area contributed by atoms with E-state index in [4.69, 9.17) is 5.11 Å². The second-order valence-electron chi connectivity index (χ2n) is 4.35. The summed E-state index contributed by atoms with van der Waals surface area (Å²) in [5, 5.41) is 12.6. The molecule has 1 aromatic heterocycles. The number of carboxylic acid groups (broad SMARTS) is 1. The number of thiophene rings is 1. The number of nitrogens with one attached hydrogen (secondary N) is 1. The van der Waals surface area contributed by atoms with Crippen LogP contribution in [0.25, 0.3) is 6.08 Å². The van der Waals surface area contributed by atoms with Gasteiger partial charge in [0.1, 0.15) is 5.82 Å². The maximum Gasteiger partial charge on any atom is 0.328 e. The van der Waals surface area contributed by atoms with E-state index in [1.165, 1.54) is 23.5 Å². The van der Waals surface area contributed by atoms with Gasteiger partial charge < -0.3 is 10.4 Å². The van der Waals surface area contributed by atoms with E-state index in [-0.39, 0.29) is 5.69 Å². The number of hydrogen-bond donors (Lipinski definition) is 2. The fourth-order valence-corrected chi connectivity index (χ4v) is 2.42. The van der Waals surface area contributed by atoms with Crippen LogP contribution in [0.2, 0.25) is 0 Å². The minimum absolute atomic E-state index is 0.119. The van der Waals surface area contributed by atoms with E-state index in [0.717, 1.165) is 11.6 Å². The Bertz CT molecular complexity index is 721. The number of hydrogen-bond acceptors (Lipinski definition) is 3. The third kappa shape index (κ3) is 4.00. The third-order valence-corrected chi connectivity index (χ3v) is 3.54. The van der Waals surface area contributed by atoms with E-state index >= 15 is 0 Å². The standard InChI is InChI=1S/C15H12FNO3S/c1-9-2-4-12(16)13(6-9)17-15(20)10-7-11(21-8-10)3-5-14(18)19/h2-8H,1H3,(H,17,20)(H,18,19). The number of anilines is 1. The highest BCUT2D eigenvalue weighted by Crippen LogP contribution is 2.20. The van der Waals surface area contributed by atoms with Crippen molar-refractivity contribution < 1.29 is 19.1 Å². The number of carbonyl (C=O) groups is 2. The Hall–Kier alpha value is -2.47. The normalized spacial score (nSPS) is 10.8. The maximum atomic E-state index is 13.6. The number of carbonyl (C=O) groups excluding carboxylic acids is 1. The SMILES string of the molecule is Cc1ccc(F)c(NC(=O)c2csc(C=CC(=O)O)c2)c1. The minimum atomic E-state index is -1.06. The summed E-state index contributed by atoms with van der Waals surface area (Å²) in [7, 11) is 0. The summed E-state index contributed by atoms with van der Waals surface area (Å²) in [4.78, 5) is 23.1. The van der Waals surface area contributed by atoms with Crippen LogP contribution in [-0.2, 0) is 4.79 Å². The lowest BCUT2D eigenvalue weighted by atomic mass is 10.2. The summed E-state index contributed by atoms with van der Waals surface area (Å²) in [6.45, 7) is 1.80. The Morgan fingerprint density at radius 1 is 1.33 bits per heavy atom. The first kappa shape index (κ1) is 14.9. The van der Waals surface area contributed by atoms with Gasteiger partial charge in [0.2, 0.25) is 0 Å². The van der Waals surface area contributed by atoms with E-state index < -0.39 is 17.7 Å². The van der Waals surface area contributed by atoms with Crippen molar-refractivity contribution in [1.82, 2.24) is 0 Å². The molecular formula is C15H12FNO3S. The van der Waals surface area contributed by atoms with Crippen molar-refractivity contribution in [2.45, 2.75) is 6.92 Å². The molecule has 0 saturated carbocycles. The van der Waals surface area contributed by atoms with Crippen molar-refractivity contribution in [3.05, 3.63) is 57.5 Å². The first-order valence-electron chi connectivity index (χ1n) is 6.03. The van der Waals surface area contributed by atoms with Crippen molar-refractivity contribution in [3.63, 3.8) is 0 Å². The Labute approximate surface area is 124 Å². The van der Waals surface area contributed by atoms with Gasteiger partial charge in [0, 0.05) is 16.3 Å².